The first-order valence-corrected chi connectivity index (χ1v) is 6.69. The Labute approximate surface area is 113 Å². The highest BCUT2D eigenvalue weighted by Crippen LogP contribution is 2.11. The predicted molar refractivity (Wildman–Crippen MR) is 68.4 cm³/mol. The van der Waals surface area contributed by atoms with Gasteiger partial charge in [0.25, 0.3) is 5.91 Å². The Hall–Kier alpha value is -1.45. The Balaban J connectivity index is 2.08. The van der Waals surface area contributed by atoms with Crippen LogP contribution in [0.2, 0.25) is 0 Å². The summed E-state index contributed by atoms with van der Waals surface area (Å²) in [7, 11) is 0. The predicted octanol–water partition coefficient (Wildman–Crippen LogP) is 1.19. The van der Waals surface area contributed by atoms with Gasteiger partial charge < -0.3 is 9.64 Å². The number of hydrogen-bond donors (Lipinski definition) is 0. The van der Waals surface area contributed by atoms with E-state index in [0.29, 0.717) is 36.3 Å². The summed E-state index contributed by atoms with van der Waals surface area (Å²) in [5.74, 6) is -0.117. The second-order valence-electron chi connectivity index (χ2n) is 3.94. The van der Waals surface area contributed by atoms with Crippen molar-refractivity contribution in [3.05, 3.63) is 29.6 Å². The molecule has 0 aromatic carbocycles. The number of rotatable bonds is 2. The van der Waals surface area contributed by atoms with Crippen LogP contribution in [0.3, 0.4) is 0 Å². The van der Waals surface area contributed by atoms with Crippen LogP contribution in [0.5, 0.6) is 0 Å². The second kappa shape index (κ2) is 5.94. The molecule has 0 spiro atoms. The average molecular weight is 310 g/mol. The molecule has 18 heavy (non-hydrogen) atoms. The topological polar surface area (TPSA) is 66.2 Å². The van der Waals surface area contributed by atoms with Crippen LogP contribution < -0.4 is 0 Å². The van der Waals surface area contributed by atoms with Gasteiger partial charge in [0.15, 0.2) is 0 Å². The summed E-state index contributed by atoms with van der Waals surface area (Å²) >= 11 is 3.35. The minimum Gasteiger partial charge on any atom is -0.374 e. The highest BCUT2D eigenvalue weighted by Gasteiger charge is 2.24. The van der Waals surface area contributed by atoms with Gasteiger partial charge in [0, 0.05) is 24.6 Å². The molecule has 1 amide bonds. The fraction of sp³-hybridized carbons (Fsp3) is 0.417. The van der Waals surface area contributed by atoms with Gasteiger partial charge in [-0.3, -0.25) is 4.79 Å². The Kier molecular flexibility index (Phi) is 4.28. The molecule has 0 bridgehead atoms. The van der Waals surface area contributed by atoms with E-state index in [1.54, 1.807) is 17.0 Å². The molecule has 0 radical (unpaired) electrons. The van der Waals surface area contributed by atoms with Crippen molar-refractivity contribution in [2.75, 3.05) is 25.0 Å². The molecule has 0 aliphatic carbocycles. The number of halogens is 1. The van der Waals surface area contributed by atoms with Crippen molar-refractivity contribution in [1.82, 2.24) is 9.88 Å². The van der Waals surface area contributed by atoms with Crippen LogP contribution in [-0.2, 0) is 4.74 Å². The first kappa shape index (κ1) is 13.0. The van der Waals surface area contributed by atoms with E-state index in [9.17, 15) is 4.79 Å². The van der Waals surface area contributed by atoms with Gasteiger partial charge in [-0.25, -0.2) is 4.98 Å². The number of nitriles is 1. The van der Waals surface area contributed by atoms with E-state index in [-0.39, 0.29) is 12.0 Å². The van der Waals surface area contributed by atoms with Crippen molar-refractivity contribution in [2.24, 2.45) is 0 Å². The van der Waals surface area contributed by atoms with Gasteiger partial charge in [0.2, 0.25) is 0 Å². The summed E-state index contributed by atoms with van der Waals surface area (Å²) < 4.78 is 5.48. The molecule has 2 heterocycles. The van der Waals surface area contributed by atoms with E-state index >= 15 is 0 Å². The van der Waals surface area contributed by atoms with Gasteiger partial charge in [0.1, 0.15) is 11.8 Å². The molecule has 1 saturated heterocycles. The average Bonchev–Trinajstić information content (AvgIpc) is 2.46. The van der Waals surface area contributed by atoms with E-state index in [4.69, 9.17) is 10.00 Å². The van der Waals surface area contributed by atoms with Crippen LogP contribution in [0.1, 0.15) is 16.1 Å². The van der Waals surface area contributed by atoms with Crippen molar-refractivity contribution in [2.45, 2.75) is 6.10 Å². The summed E-state index contributed by atoms with van der Waals surface area (Å²) in [5.41, 5.74) is 0.816. The van der Waals surface area contributed by atoms with Crippen LogP contribution in [0.25, 0.3) is 0 Å². The number of morpholine rings is 1. The minimum absolute atomic E-state index is 0.0288. The molecule has 0 saturated carbocycles. The molecular formula is C12H12BrN3O2. The summed E-state index contributed by atoms with van der Waals surface area (Å²) in [6.07, 6.45) is 1.44. The number of aromatic nitrogens is 1. The molecule has 6 heteroatoms. The molecule has 1 unspecified atom stereocenters. The van der Waals surface area contributed by atoms with Gasteiger partial charge in [-0.15, -0.1) is 0 Å². The van der Waals surface area contributed by atoms with Crippen molar-refractivity contribution in [3.8, 4) is 6.07 Å². The van der Waals surface area contributed by atoms with E-state index < -0.39 is 0 Å². The Morgan fingerprint density at radius 3 is 3.11 bits per heavy atom. The molecule has 1 atom stereocenters. The zero-order chi connectivity index (χ0) is 13.0. The fourth-order valence-electron chi connectivity index (χ4n) is 1.75. The lowest BCUT2D eigenvalue weighted by Crippen LogP contribution is -2.46. The monoisotopic (exact) mass is 309 g/mol. The SMILES string of the molecule is N#Cc1ccc(C(=O)N2CCOC(CBr)C2)nc1. The van der Waals surface area contributed by atoms with Gasteiger partial charge in [-0.05, 0) is 12.1 Å². The summed E-state index contributed by atoms with van der Waals surface area (Å²) in [6.45, 7) is 1.67. The van der Waals surface area contributed by atoms with Gasteiger partial charge >= 0.3 is 0 Å². The number of pyridine rings is 1. The highest BCUT2D eigenvalue weighted by molar-refractivity contribution is 9.09. The number of hydrogen-bond acceptors (Lipinski definition) is 4. The van der Waals surface area contributed by atoms with Crippen molar-refractivity contribution < 1.29 is 9.53 Å². The molecule has 1 aromatic heterocycles. The largest absolute Gasteiger partial charge is 0.374 e. The van der Waals surface area contributed by atoms with Crippen LogP contribution >= 0.6 is 15.9 Å². The van der Waals surface area contributed by atoms with Gasteiger partial charge in [-0.1, -0.05) is 15.9 Å². The summed E-state index contributed by atoms with van der Waals surface area (Å²) in [6, 6.07) is 5.16. The molecule has 5 nitrogen and oxygen atoms in total. The third kappa shape index (κ3) is 2.86. The molecule has 94 valence electrons. The smallest absolute Gasteiger partial charge is 0.272 e. The lowest BCUT2D eigenvalue weighted by atomic mass is 10.2. The number of alkyl halides is 1. The van der Waals surface area contributed by atoms with E-state index in [1.165, 1.54) is 6.20 Å². The lowest BCUT2D eigenvalue weighted by Gasteiger charge is -2.31. The Morgan fingerprint density at radius 1 is 1.67 bits per heavy atom. The molecule has 0 N–H and O–H groups in total. The maximum Gasteiger partial charge on any atom is 0.272 e. The van der Waals surface area contributed by atoms with Crippen molar-refractivity contribution in [1.29, 1.82) is 5.26 Å². The Bertz CT molecular complexity index is 469. The molecule has 2 rings (SSSR count). The third-order valence-electron chi connectivity index (χ3n) is 2.71. The molecule has 1 aliphatic heterocycles. The normalized spacial score (nSPS) is 19.3. The Morgan fingerprint density at radius 2 is 2.50 bits per heavy atom. The second-order valence-corrected chi connectivity index (χ2v) is 4.59. The van der Waals surface area contributed by atoms with Crippen LogP contribution in [0.4, 0.5) is 0 Å². The molecule has 1 fully saturated rings. The first-order chi connectivity index (χ1) is 8.74. The highest BCUT2D eigenvalue weighted by atomic mass is 79.9. The summed E-state index contributed by atoms with van der Waals surface area (Å²) in [5, 5.41) is 9.38. The van der Waals surface area contributed by atoms with Crippen LogP contribution in [0, 0.1) is 11.3 Å². The number of carbonyl (C=O) groups is 1. The number of amides is 1. The third-order valence-corrected chi connectivity index (χ3v) is 3.43. The molecule has 1 aromatic rings. The zero-order valence-electron chi connectivity index (χ0n) is 9.67. The zero-order valence-corrected chi connectivity index (χ0v) is 11.3. The maximum atomic E-state index is 12.2. The lowest BCUT2D eigenvalue weighted by molar-refractivity contribution is -0.00987. The van der Waals surface area contributed by atoms with Gasteiger partial charge in [0.05, 0.1) is 18.3 Å². The van der Waals surface area contributed by atoms with E-state index in [0.717, 1.165) is 0 Å². The minimum atomic E-state index is -0.117. The number of carbonyl (C=O) groups excluding carboxylic acids is 1. The number of ether oxygens (including phenoxy) is 1. The first-order valence-electron chi connectivity index (χ1n) is 5.57. The molecule has 1 aliphatic rings. The fourth-order valence-corrected chi connectivity index (χ4v) is 2.14. The van der Waals surface area contributed by atoms with E-state index in [2.05, 4.69) is 20.9 Å². The van der Waals surface area contributed by atoms with Gasteiger partial charge in [-0.2, -0.15) is 5.26 Å². The maximum absolute atomic E-state index is 12.2. The van der Waals surface area contributed by atoms with Crippen LogP contribution in [-0.4, -0.2) is 46.9 Å². The van der Waals surface area contributed by atoms with Crippen molar-refractivity contribution >= 4 is 21.8 Å². The quantitative estimate of drug-likeness (QED) is 0.770. The van der Waals surface area contributed by atoms with E-state index in [1.807, 2.05) is 6.07 Å². The van der Waals surface area contributed by atoms with Crippen LogP contribution in [0.15, 0.2) is 18.3 Å². The standard InChI is InChI=1S/C12H12BrN3O2/c13-5-10-8-16(3-4-18-10)12(17)11-2-1-9(6-14)7-15-11/h1-2,7,10H,3-5,8H2. The number of nitrogens with zero attached hydrogens (tertiary/aromatic N) is 3. The van der Waals surface area contributed by atoms with Crippen molar-refractivity contribution in [3.63, 3.8) is 0 Å². The molecular weight excluding hydrogens is 298 g/mol. The summed E-state index contributed by atoms with van der Waals surface area (Å²) in [4.78, 5) is 17.9.